The lowest BCUT2D eigenvalue weighted by atomic mass is 9.95. The molecule has 0 aromatic heterocycles. The van der Waals surface area contributed by atoms with Crippen LogP contribution in [0.2, 0.25) is 0 Å². The van der Waals surface area contributed by atoms with Gasteiger partial charge in [0.2, 0.25) is 31.9 Å². The zero-order valence-corrected chi connectivity index (χ0v) is 18.5. The van der Waals surface area contributed by atoms with Crippen molar-refractivity contribution in [1.29, 1.82) is 0 Å². The number of amides is 2. The van der Waals surface area contributed by atoms with Crippen LogP contribution in [0.25, 0.3) is 0 Å². The van der Waals surface area contributed by atoms with E-state index in [0.29, 0.717) is 18.7 Å². The molecule has 0 N–H and O–H groups in total. The number of hydrogen-bond acceptors (Lipinski definition) is 6. The van der Waals surface area contributed by atoms with Crippen molar-refractivity contribution in [3.63, 3.8) is 0 Å². The Bertz CT molecular complexity index is 1070. The van der Waals surface area contributed by atoms with Gasteiger partial charge in [-0.25, -0.2) is 21.1 Å². The summed E-state index contributed by atoms with van der Waals surface area (Å²) in [6.07, 6.45) is 0. The maximum Gasteiger partial charge on any atom is 0.247 e. The Kier molecular flexibility index (Phi) is 5.29. The predicted molar refractivity (Wildman–Crippen MR) is 107 cm³/mol. The number of carbonyl (C=O) groups excluding carboxylic acids is 2. The number of aryl methyl sites for hydroxylation is 1. The average molecular weight is 444 g/mol. The van der Waals surface area contributed by atoms with Crippen LogP contribution in [0, 0.1) is 12.3 Å². The third kappa shape index (κ3) is 3.78. The number of piperazine rings is 1. The van der Waals surface area contributed by atoms with Gasteiger partial charge in [0, 0.05) is 33.1 Å². The summed E-state index contributed by atoms with van der Waals surface area (Å²) >= 11 is 0. The molecule has 29 heavy (non-hydrogen) atoms. The highest BCUT2D eigenvalue weighted by Crippen LogP contribution is 2.37. The first kappa shape index (κ1) is 21.7. The standard InChI is InChI=1S/C18H25N3O6S2/c1-13-11-15(21-17(23)18(3,4)12-28(21,24)25)5-6-16(13)29(26,27)20-9-7-19(8-10-20)14(2)22/h5-6,11H,7-10,12H2,1-4H3. The topological polar surface area (TPSA) is 112 Å². The number of rotatable bonds is 3. The van der Waals surface area contributed by atoms with Crippen LogP contribution in [0.1, 0.15) is 26.3 Å². The maximum absolute atomic E-state index is 13.0. The fourth-order valence-electron chi connectivity index (χ4n) is 3.69. The molecule has 3 rings (SSSR count). The SMILES string of the molecule is CC(=O)N1CCN(S(=O)(=O)c2ccc(N3C(=O)C(C)(C)CS3(=O)=O)cc2C)CC1. The van der Waals surface area contributed by atoms with Crippen LogP contribution in [-0.4, -0.2) is 69.8 Å². The number of nitrogens with zero attached hydrogens (tertiary/aromatic N) is 3. The lowest BCUT2D eigenvalue weighted by Gasteiger charge is -2.33. The van der Waals surface area contributed by atoms with Gasteiger partial charge >= 0.3 is 0 Å². The highest BCUT2D eigenvalue weighted by atomic mass is 32.2. The summed E-state index contributed by atoms with van der Waals surface area (Å²) in [5, 5.41) is 0. The van der Waals surface area contributed by atoms with Gasteiger partial charge in [-0.1, -0.05) is 0 Å². The molecule has 160 valence electrons. The lowest BCUT2D eigenvalue weighted by molar-refractivity contribution is -0.130. The molecule has 11 heteroatoms. The van der Waals surface area contributed by atoms with Crippen molar-refractivity contribution in [3.8, 4) is 0 Å². The number of hydrogen-bond donors (Lipinski definition) is 0. The molecule has 2 saturated heterocycles. The van der Waals surface area contributed by atoms with Gasteiger partial charge in [-0.2, -0.15) is 4.31 Å². The van der Waals surface area contributed by atoms with E-state index in [1.807, 2.05) is 0 Å². The Labute approximate surface area is 171 Å². The van der Waals surface area contributed by atoms with Gasteiger partial charge in [0.1, 0.15) is 0 Å². The molecule has 2 amide bonds. The summed E-state index contributed by atoms with van der Waals surface area (Å²) in [5.74, 6) is -0.923. The van der Waals surface area contributed by atoms with Crippen molar-refractivity contribution in [2.24, 2.45) is 5.41 Å². The molecular formula is C18H25N3O6S2. The largest absolute Gasteiger partial charge is 0.340 e. The van der Waals surface area contributed by atoms with E-state index >= 15 is 0 Å². The summed E-state index contributed by atoms with van der Waals surface area (Å²) in [4.78, 5) is 25.6. The van der Waals surface area contributed by atoms with Crippen molar-refractivity contribution in [2.75, 3.05) is 36.2 Å². The fourth-order valence-corrected chi connectivity index (χ4v) is 7.42. The van der Waals surface area contributed by atoms with Crippen molar-refractivity contribution in [1.82, 2.24) is 9.21 Å². The van der Waals surface area contributed by atoms with Gasteiger partial charge < -0.3 is 4.90 Å². The van der Waals surface area contributed by atoms with Crippen LogP contribution < -0.4 is 4.31 Å². The van der Waals surface area contributed by atoms with Crippen LogP contribution >= 0.6 is 0 Å². The minimum absolute atomic E-state index is 0.0563. The van der Waals surface area contributed by atoms with E-state index in [0.717, 1.165) is 4.31 Å². The van der Waals surface area contributed by atoms with E-state index in [2.05, 4.69) is 0 Å². The van der Waals surface area contributed by atoms with Crippen molar-refractivity contribution >= 4 is 37.5 Å². The molecule has 1 aromatic rings. The molecule has 0 radical (unpaired) electrons. The molecule has 0 aliphatic carbocycles. The van der Waals surface area contributed by atoms with E-state index in [-0.39, 0.29) is 35.3 Å². The molecule has 0 saturated carbocycles. The average Bonchev–Trinajstić information content (AvgIpc) is 2.77. The van der Waals surface area contributed by atoms with Crippen LogP contribution in [0.3, 0.4) is 0 Å². The molecule has 2 aliphatic rings. The van der Waals surface area contributed by atoms with E-state index in [4.69, 9.17) is 0 Å². The molecule has 0 atom stereocenters. The number of anilines is 1. The fraction of sp³-hybridized carbons (Fsp3) is 0.556. The van der Waals surface area contributed by atoms with Crippen molar-refractivity contribution in [3.05, 3.63) is 23.8 Å². The Morgan fingerprint density at radius 3 is 2.14 bits per heavy atom. The summed E-state index contributed by atoms with van der Waals surface area (Å²) in [6, 6.07) is 4.10. The van der Waals surface area contributed by atoms with Gasteiger partial charge in [-0.3, -0.25) is 9.59 Å². The van der Waals surface area contributed by atoms with Crippen molar-refractivity contribution in [2.45, 2.75) is 32.6 Å². The van der Waals surface area contributed by atoms with E-state index < -0.39 is 31.4 Å². The minimum Gasteiger partial charge on any atom is -0.340 e. The lowest BCUT2D eigenvalue weighted by Crippen LogP contribution is -2.50. The van der Waals surface area contributed by atoms with Crippen LogP contribution in [-0.2, 0) is 29.6 Å². The molecule has 2 aliphatic heterocycles. The Hall–Kier alpha value is -1.98. The molecule has 0 unspecified atom stereocenters. The van der Waals surface area contributed by atoms with Gasteiger partial charge in [-0.15, -0.1) is 0 Å². The Morgan fingerprint density at radius 1 is 1.10 bits per heavy atom. The van der Waals surface area contributed by atoms with Crippen LogP contribution in [0.5, 0.6) is 0 Å². The summed E-state index contributed by atoms with van der Waals surface area (Å²) in [7, 11) is -7.62. The molecule has 1 aromatic carbocycles. The van der Waals surface area contributed by atoms with E-state index in [1.54, 1.807) is 25.7 Å². The highest BCUT2D eigenvalue weighted by Gasteiger charge is 2.50. The molecule has 9 nitrogen and oxygen atoms in total. The molecule has 0 bridgehead atoms. The normalized spacial score (nSPS) is 22.1. The Morgan fingerprint density at radius 2 is 1.69 bits per heavy atom. The zero-order chi connectivity index (χ0) is 21.8. The molecule has 2 fully saturated rings. The quantitative estimate of drug-likeness (QED) is 0.674. The number of benzene rings is 1. The second kappa shape index (κ2) is 7.06. The maximum atomic E-state index is 13.0. The third-order valence-electron chi connectivity index (χ3n) is 5.28. The smallest absolute Gasteiger partial charge is 0.247 e. The van der Waals surface area contributed by atoms with Crippen LogP contribution in [0.4, 0.5) is 5.69 Å². The van der Waals surface area contributed by atoms with Gasteiger partial charge in [0.15, 0.2) is 0 Å². The zero-order valence-electron chi connectivity index (χ0n) is 16.9. The third-order valence-corrected chi connectivity index (χ3v) is 9.36. The van der Waals surface area contributed by atoms with Gasteiger partial charge in [0.25, 0.3) is 0 Å². The summed E-state index contributed by atoms with van der Waals surface area (Å²) < 4.78 is 53.1. The van der Waals surface area contributed by atoms with Crippen LogP contribution in [0.15, 0.2) is 23.1 Å². The van der Waals surface area contributed by atoms with Crippen molar-refractivity contribution < 1.29 is 26.4 Å². The second-order valence-electron chi connectivity index (χ2n) is 8.07. The Balaban J connectivity index is 1.90. The predicted octanol–water partition coefficient (Wildman–Crippen LogP) is 0.550. The first-order valence-corrected chi connectivity index (χ1v) is 12.3. The molecule has 0 spiro atoms. The summed E-state index contributed by atoms with van der Waals surface area (Å²) in [6.45, 7) is 7.18. The van der Waals surface area contributed by atoms with E-state index in [1.165, 1.54) is 29.4 Å². The first-order valence-electron chi connectivity index (χ1n) is 9.21. The highest BCUT2D eigenvalue weighted by molar-refractivity contribution is 7.94. The number of sulfonamides is 2. The van der Waals surface area contributed by atoms with E-state index in [9.17, 15) is 26.4 Å². The minimum atomic E-state index is -3.81. The molecular weight excluding hydrogens is 418 g/mol. The van der Waals surface area contributed by atoms with Gasteiger partial charge in [0.05, 0.1) is 21.8 Å². The van der Waals surface area contributed by atoms with Gasteiger partial charge in [-0.05, 0) is 44.5 Å². The first-order chi connectivity index (χ1) is 13.3. The summed E-state index contributed by atoms with van der Waals surface area (Å²) in [5.41, 5.74) is -0.545. The molecule has 2 heterocycles. The monoisotopic (exact) mass is 443 g/mol. The second-order valence-corrected chi connectivity index (χ2v) is 11.8. The number of carbonyl (C=O) groups is 2.